The molecule has 21 heavy (non-hydrogen) atoms. The highest BCUT2D eigenvalue weighted by atomic mass is 17.0. The molecule has 12 heteroatoms. The average molecular weight is 303 g/mol. The second kappa shape index (κ2) is 7.42. The lowest BCUT2D eigenvalue weighted by atomic mass is 10.1. The summed E-state index contributed by atoms with van der Waals surface area (Å²) in [6.07, 6.45) is -3.26. The fraction of sp³-hybridized carbons (Fsp3) is 0.333. The first-order valence-corrected chi connectivity index (χ1v) is 5.34. The molecule has 0 aromatic heterocycles. The van der Waals surface area contributed by atoms with E-state index in [9.17, 15) is 30.3 Å². The van der Waals surface area contributed by atoms with Gasteiger partial charge in [0.05, 0.1) is 0 Å². The zero-order valence-corrected chi connectivity index (χ0v) is 10.3. The molecule has 2 atom stereocenters. The molecule has 1 aromatic rings. The molecular formula is C9H9N3O9. The monoisotopic (exact) mass is 303 g/mol. The molecule has 0 saturated heterocycles. The third kappa shape index (κ3) is 5.54. The minimum absolute atomic E-state index is 0.160. The van der Waals surface area contributed by atoms with Crippen LogP contribution in [0.15, 0.2) is 30.3 Å². The topological polar surface area (TPSA) is 157 Å². The third-order valence-corrected chi connectivity index (χ3v) is 2.23. The molecule has 114 valence electrons. The van der Waals surface area contributed by atoms with E-state index in [1.165, 1.54) is 24.3 Å². The number of rotatable bonds is 9. The Bertz CT molecular complexity index is 508. The highest BCUT2D eigenvalue weighted by Gasteiger charge is 2.31. The molecule has 0 saturated carbocycles. The maximum atomic E-state index is 10.5. The molecule has 0 aliphatic carbocycles. The quantitative estimate of drug-likeness (QED) is 0.473. The van der Waals surface area contributed by atoms with Crippen molar-refractivity contribution in [2.24, 2.45) is 0 Å². The maximum absolute atomic E-state index is 10.5. The van der Waals surface area contributed by atoms with Gasteiger partial charge < -0.3 is 14.5 Å². The van der Waals surface area contributed by atoms with Gasteiger partial charge in [-0.15, -0.1) is 30.3 Å². The Morgan fingerprint density at radius 1 is 0.905 bits per heavy atom. The van der Waals surface area contributed by atoms with Crippen LogP contribution in [0.25, 0.3) is 0 Å². The summed E-state index contributed by atoms with van der Waals surface area (Å²) in [5, 5.41) is 27.4. The van der Waals surface area contributed by atoms with Gasteiger partial charge in [0.25, 0.3) is 15.3 Å². The van der Waals surface area contributed by atoms with Gasteiger partial charge in [-0.2, -0.15) is 0 Å². The van der Waals surface area contributed by atoms with Crippen LogP contribution in [0.3, 0.4) is 0 Å². The van der Waals surface area contributed by atoms with Crippen LogP contribution < -0.4 is 0 Å². The molecule has 0 heterocycles. The van der Waals surface area contributed by atoms with E-state index in [1.54, 1.807) is 6.07 Å². The van der Waals surface area contributed by atoms with Crippen molar-refractivity contribution in [3.63, 3.8) is 0 Å². The van der Waals surface area contributed by atoms with Crippen molar-refractivity contribution in [2.45, 2.75) is 12.2 Å². The fourth-order valence-electron chi connectivity index (χ4n) is 1.50. The highest BCUT2D eigenvalue weighted by Crippen LogP contribution is 2.24. The van der Waals surface area contributed by atoms with Crippen molar-refractivity contribution < 1.29 is 29.8 Å². The van der Waals surface area contributed by atoms with E-state index in [0.29, 0.717) is 0 Å². The molecule has 0 aliphatic heterocycles. The standard InChI is InChI=1S/C9H9N3O9/c13-10(14)19-6-8(20-11(15)16)9(21-12(17)18)7-4-2-1-3-5-7/h1-5,8-9H,6H2/t8-,9-/m1/s1. The Morgan fingerprint density at radius 2 is 1.48 bits per heavy atom. The van der Waals surface area contributed by atoms with Crippen LogP contribution in [0.2, 0.25) is 0 Å². The summed E-state index contributed by atoms with van der Waals surface area (Å²) >= 11 is 0. The van der Waals surface area contributed by atoms with Gasteiger partial charge in [-0.3, -0.25) is 0 Å². The number of hydrogen-bond donors (Lipinski definition) is 0. The summed E-state index contributed by atoms with van der Waals surface area (Å²) in [7, 11) is 0. The number of hydrogen-bond acceptors (Lipinski definition) is 9. The van der Waals surface area contributed by atoms with Gasteiger partial charge in [0.15, 0.2) is 12.2 Å². The van der Waals surface area contributed by atoms with Gasteiger partial charge in [-0.05, 0) is 5.56 Å². The predicted octanol–water partition coefficient (Wildman–Crippen LogP) is 0.721. The van der Waals surface area contributed by atoms with E-state index >= 15 is 0 Å². The van der Waals surface area contributed by atoms with Crippen molar-refractivity contribution in [2.75, 3.05) is 6.61 Å². The second-order valence-electron chi connectivity index (χ2n) is 3.55. The van der Waals surface area contributed by atoms with Crippen LogP contribution in [0.1, 0.15) is 11.7 Å². The zero-order valence-electron chi connectivity index (χ0n) is 10.3. The summed E-state index contributed by atoms with van der Waals surface area (Å²) in [5.74, 6) is 0. The number of nitrogens with zero attached hydrogens (tertiary/aromatic N) is 3. The zero-order chi connectivity index (χ0) is 15.8. The van der Waals surface area contributed by atoms with Gasteiger partial charge in [0.2, 0.25) is 0 Å². The third-order valence-electron chi connectivity index (χ3n) is 2.23. The summed E-state index contributed by atoms with van der Waals surface area (Å²) < 4.78 is 0. The lowest BCUT2D eigenvalue weighted by molar-refractivity contribution is -0.812. The first-order valence-electron chi connectivity index (χ1n) is 5.34. The lowest BCUT2D eigenvalue weighted by Crippen LogP contribution is -2.33. The summed E-state index contributed by atoms with van der Waals surface area (Å²) in [6.45, 7) is -0.915. The average Bonchev–Trinajstić information content (AvgIpc) is 2.41. The maximum Gasteiger partial charge on any atom is 0.295 e. The smallest absolute Gasteiger partial charge is 0.295 e. The van der Waals surface area contributed by atoms with Crippen molar-refractivity contribution in [1.29, 1.82) is 0 Å². The van der Waals surface area contributed by atoms with Crippen LogP contribution in [0, 0.1) is 30.3 Å². The molecule has 12 nitrogen and oxygen atoms in total. The van der Waals surface area contributed by atoms with E-state index < -0.39 is 34.1 Å². The summed E-state index contributed by atoms with van der Waals surface area (Å²) in [4.78, 5) is 43.5. The van der Waals surface area contributed by atoms with E-state index in [4.69, 9.17) is 0 Å². The van der Waals surface area contributed by atoms with E-state index in [2.05, 4.69) is 14.5 Å². The largest absolute Gasteiger partial charge is 0.311 e. The first-order chi connectivity index (χ1) is 9.90. The predicted molar refractivity (Wildman–Crippen MR) is 62.1 cm³/mol. The second-order valence-corrected chi connectivity index (χ2v) is 3.55. The molecule has 0 bridgehead atoms. The van der Waals surface area contributed by atoms with E-state index in [0.717, 1.165) is 0 Å². The van der Waals surface area contributed by atoms with E-state index in [-0.39, 0.29) is 5.56 Å². The molecule has 0 amide bonds. The molecular weight excluding hydrogens is 294 g/mol. The minimum Gasteiger partial charge on any atom is -0.311 e. The molecule has 1 rings (SSSR count). The molecule has 0 unspecified atom stereocenters. The van der Waals surface area contributed by atoms with Crippen LogP contribution in [-0.2, 0) is 14.5 Å². The number of benzene rings is 1. The Hall–Kier alpha value is -3.18. The van der Waals surface area contributed by atoms with Gasteiger partial charge in [0.1, 0.15) is 6.61 Å². The Balaban J connectivity index is 3.00. The van der Waals surface area contributed by atoms with Crippen LogP contribution in [-0.4, -0.2) is 28.0 Å². The molecule has 0 N–H and O–H groups in total. The molecule has 0 spiro atoms. The van der Waals surface area contributed by atoms with Crippen molar-refractivity contribution >= 4 is 0 Å². The fourth-order valence-corrected chi connectivity index (χ4v) is 1.50. The Morgan fingerprint density at radius 3 is 1.95 bits per heavy atom. The molecule has 1 aromatic carbocycles. The van der Waals surface area contributed by atoms with Crippen molar-refractivity contribution in [1.82, 2.24) is 0 Å². The van der Waals surface area contributed by atoms with Crippen molar-refractivity contribution in [3.05, 3.63) is 66.2 Å². The highest BCUT2D eigenvalue weighted by molar-refractivity contribution is 5.18. The molecule has 0 fully saturated rings. The Labute approximate surface area is 116 Å². The SMILES string of the molecule is O=[N+]([O-])OC[C@@H](O[N+](=O)[O-])[C@H](O[N+](=O)[O-])c1ccccc1. The normalized spacial score (nSPS) is 12.8. The molecule has 0 radical (unpaired) electrons. The van der Waals surface area contributed by atoms with Gasteiger partial charge in [0, 0.05) is 0 Å². The van der Waals surface area contributed by atoms with Gasteiger partial charge in [-0.1, -0.05) is 30.3 Å². The van der Waals surface area contributed by atoms with E-state index in [1.807, 2.05) is 0 Å². The van der Waals surface area contributed by atoms with Crippen molar-refractivity contribution in [3.8, 4) is 0 Å². The summed E-state index contributed by atoms with van der Waals surface area (Å²) in [6, 6.07) is 7.38. The first kappa shape index (κ1) is 15.9. The summed E-state index contributed by atoms with van der Waals surface area (Å²) in [5.41, 5.74) is 0.160. The van der Waals surface area contributed by atoms with Gasteiger partial charge >= 0.3 is 0 Å². The Kier molecular flexibility index (Phi) is 5.61. The van der Waals surface area contributed by atoms with Crippen LogP contribution >= 0.6 is 0 Å². The minimum atomic E-state index is -1.70. The van der Waals surface area contributed by atoms with Crippen LogP contribution in [0.5, 0.6) is 0 Å². The lowest BCUT2D eigenvalue weighted by Gasteiger charge is -2.22. The van der Waals surface area contributed by atoms with Gasteiger partial charge in [-0.25, -0.2) is 0 Å². The molecule has 0 aliphatic rings. The van der Waals surface area contributed by atoms with Crippen LogP contribution in [0.4, 0.5) is 0 Å².